The summed E-state index contributed by atoms with van der Waals surface area (Å²) in [4.78, 5) is 5.79. The van der Waals surface area contributed by atoms with Gasteiger partial charge in [-0.1, -0.05) is 13.0 Å². The van der Waals surface area contributed by atoms with Crippen molar-refractivity contribution < 1.29 is 0 Å². The Balaban J connectivity index is 3.01. The van der Waals surface area contributed by atoms with E-state index in [2.05, 4.69) is 24.9 Å². The lowest BCUT2D eigenvalue weighted by Gasteiger charge is -1.88. The van der Waals surface area contributed by atoms with E-state index >= 15 is 0 Å². The van der Waals surface area contributed by atoms with Gasteiger partial charge in [-0.15, -0.1) is 11.3 Å². The molecule has 11 heavy (non-hydrogen) atoms. The van der Waals surface area contributed by atoms with E-state index in [4.69, 9.17) is 0 Å². The maximum atomic E-state index is 4.40. The van der Waals surface area contributed by atoms with E-state index in [1.54, 1.807) is 11.3 Å². The number of aromatic nitrogens is 1. The van der Waals surface area contributed by atoms with Crippen LogP contribution in [0.1, 0.15) is 29.4 Å². The van der Waals surface area contributed by atoms with E-state index in [9.17, 15) is 0 Å². The van der Waals surface area contributed by atoms with Gasteiger partial charge in [-0.05, 0) is 26.3 Å². The van der Waals surface area contributed by atoms with Gasteiger partial charge in [0, 0.05) is 4.88 Å². The molecule has 0 atom stereocenters. The van der Waals surface area contributed by atoms with Crippen LogP contribution in [0.2, 0.25) is 0 Å². The Morgan fingerprint density at radius 2 is 2.27 bits per heavy atom. The van der Waals surface area contributed by atoms with Gasteiger partial charge in [-0.2, -0.15) is 0 Å². The van der Waals surface area contributed by atoms with Gasteiger partial charge < -0.3 is 0 Å². The molecule has 0 radical (unpaired) electrons. The summed E-state index contributed by atoms with van der Waals surface area (Å²) in [6, 6.07) is 0. The molecule has 0 amide bonds. The van der Waals surface area contributed by atoms with Gasteiger partial charge in [0.1, 0.15) is 0 Å². The molecule has 0 aliphatic rings. The van der Waals surface area contributed by atoms with Crippen molar-refractivity contribution in [3.8, 4) is 0 Å². The van der Waals surface area contributed by atoms with Crippen molar-refractivity contribution in [2.45, 2.75) is 27.2 Å². The number of allylic oxidation sites excluding steroid dienone is 1. The van der Waals surface area contributed by atoms with Crippen LogP contribution >= 0.6 is 11.3 Å². The van der Waals surface area contributed by atoms with Crippen LogP contribution in [0.25, 0.3) is 6.08 Å². The normalized spacial score (nSPS) is 11.2. The van der Waals surface area contributed by atoms with Crippen molar-refractivity contribution in [2.24, 2.45) is 0 Å². The highest BCUT2D eigenvalue weighted by molar-refractivity contribution is 7.11. The molecule has 1 rings (SSSR count). The standard InChI is InChI=1S/C9H13NS/c1-4-6-8-9(5-2)11-7(3)10-8/h4,6H,5H2,1-3H3/b6-4-. The highest BCUT2D eigenvalue weighted by Gasteiger charge is 2.02. The lowest BCUT2D eigenvalue weighted by Crippen LogP contribution is -1.78. The second-order valence-corrected chi connectivity index (χ2v) is 3.68. The molecular formula is C9H13NS. The van der Waals surface area contributed by atoms with Gasteiger partial charge in [0.05, 0.1) is 10.7 Å². The Morgan fingerprint density at radius 1 is 1.55 bits per heavy atom. The van der Waals surface area contributed by atoms with Crippen molar-refractivity contribution in [3.63, 3.8) is 0 Å². The van der Waals surface area contributed by atoms with Crippen LogP contribution in [0, 0.1) is 6.92 Å². The first-order valence-corrected chi connectivity index (χ1v) is 4.68. The van der Waals surface area contributed by atoms with Crippen molar-refractivity contribution in [1.29, 1.82) is 0 Å². The summed E-state index contributed by atoms with van der Waals surface area (Å²) < 4.78 is 0. The Hall–Kier alpha value is -0.630. The van der Waals surface area contributed by atoms with Crippen LogP contribution in [-0.4, -0.2) is 4.98 Å². The zero-order chi connectivity index (χ0) is 8.27. The average Bonchev–Trinajstić information content (AvgIpc) is 2.32. The van der Waals surface area contributed by atoms with Gasteiger partial charge in [0.2, 0.25) is 0 Å². The van der Waals surface area contributed by atoms with Crippen LogP contribution in [0.4, 0.5) is 0 Å². The smallest absolute Gasteiger partial charge is 0.0904 e. The molecule has 0 N–H and O–H groups in total. The highest BCUT2D eigenvalue weighted by Crippen LogP contribution is 2.19. The first-order valence-electron chi connectivity index (χ1n) is 3.87. The Bertz CT molecular complexity index is 261. The summed E-state index contributed by atoms with van der Waals surface area (Å²) >= 11 is 1.79. The summed E-state index contributed by atoms with van der Waals surface area (Å²) in [5, 5.41) is 1.16. The predicted molar refractivity (Wildman–Crippen MR) is 50.9 cm³/mol. The van der Waals surface area contributed by atoms with Gasteiger partial charge in [0.15, 0.2) is 0 Å². The molecular weight excluding hydrogens is 154 g/mol. The van der Waals surface area contributed by atoms with Crippen molar-refractivity contribution >= 4 is 17.4 Å². The number of thiazole rings is 1. The molecule has 60 valence electrons. The lowest BCUT2D eigenvalue weighted by atomic mass is 10.3. The van der Waals surface area contributed by atoms with Gasteiger partial charge in [0.25, 0.3) is 0 Å². The molecule has 0 saturated carbocycles. The fourth-order valence-corrected chi connectivity index (χ4v) is 1.89. The van der Waals surface area contributed by atoms with E-state index in [0.717, 1.165) is 17.1 Å². The third kappa shape index (κ3) is 1.90. The number of rotatable bonds is 2. The zero-order valence-corrected chi connectivity index (χ0v) is 8.03. The third-order valence-electron chi connectivity index (χ3n) is 1.48. The Kier molecular flexibility index (Phi) is 2.83. The van der Waals surface area contributed by atoms with E-state index in [-0.39, 0.29) is 0 Å². The highest BCUT2D eigenvalue weighted by atomic mass is 32.1. The Morgan fingerprint density at radius 3 is 2.82 bits per heavy atom. The minimum atomic E-state index is 1.09. The quantitative estimate of drug-likeness (QED) is 0.659. The number of nitrogens with zero attached hydrogens (tertiary/aromatic N) is 1. The summed E-state index contributed by atoms with van der Waals surface area (Å²) in [5.74, 6) is 0. The number of aryl methyl sites for hydroxylation is 2. The maximum Gasteiger partial charge on any atom is 0.0904 e. The van der Waals surface area contributed by atoms with Gasteiger partial charge >= 0.3 is 0 Å². The van der Waals surface area contributed by atoms with Crippen LogP contribution in [0.3, 0.4) is 0 Å². The summed E-state index contributed by atoms with van der Waals surface area (Å²) in [6.07, 6.45) is 5.20. The predicted octanol–water partition coefficient (Wildman–Crippen LogP) is 3.05. The molecule has 0 saturated heterocycles. The fraction of sp³-hybridized carbons (Fsp3) is 0.444. The lowest BCUT2D eigenvalue weighted by molar-refractivity contribution is 1.15. The monoisotopic (exact) mass is 167 g/mol. The van der Waals surface area contributed by atoms with Crippen molar-refractivity contribution in [1.82, 2.24) is 4.98 Å². The molecule has 1 heterocycles. The third-order valence-corrected chi connectivity index (χ3v) is 2.61. The van der Waals surface area contributed by atoms with Crippen molar-refractivity contribution in [2.75, 3.05) is 0 Å². The van der Waals surface area contributed by atoms with Crippen LogP contribution in [0.5, 0.6) is 0 Å². The summed E-state index contributed by atoms with van der Waals surface area (Å²) in [7, 11) is 0. The van der Waals surface area contributed by atoms with Crippen LogP contribution in [-0.2, 0) is 6.42 Å². The second kappa shape index (κ2) is 3.67. The average molecular weight is 167 g/mol. The molecule has 0 bridgehead atoms. The SMILES string of the molecule is C/C=C\c1nc(C)sc1CC. The second-order valence-electron chi connectivity index (χ2n) is 2.39. The first-order chi connectivity index (χ1) is 5.27. The van der Waals surface area contributed by atoms with E-state index < -0.39 is 0 Å². The molecule has 0 spiro atoms. The van der Waals surface area contributed by atoms with E-state index in [1.165, 1.54) is 4.88 Å². The number of hydrogen-bond acceptors (Lipinski definition) is 2. The molecule has 0 fully saturated rings. The Labute approximate surface area is 71.8 Å². The maximum absolute atomic E-state index is 4.40. The van der Waals surface area contributed by atoms with Gasteiger partial charge in [-0.25, -0.2) is 4.98 Å². The molecule has 1 aromatic heterocycles. The first kappa shape index (κ1) is 8.47. The largest absolute Gasteiger partial charge is 0.242 e. The molecule has 0 aliphatic heterocycles. The van der Waals surface area contributed by atoms with Crippen molar-refractivity contribution in [3.05, 3.63) is 21.7 Å². The zero-order valence-electron chi connectivity index (χ0n) is 7.22. The van der Waals surface area contributed by atoms with Crippen LogP contribution < -0.4 is 0 Å². The van der Waals surface area contributed by atoms with Crippen LogP contribution in [0.15, 0.2) is 6.08 Å². The van der Waals surface area contributed by atoms with E-state index in [0.29, 0.717) is 0 Å². The summed E-state index contributed by atoms with van der Waals surface area (Å²) in [6.45, 7) is 6.24. The minimum absolute atomic E-state index is 1.09. The van der Waals surface area contributed by atoms with E-state index in [1.807, 2.05) is 13.0 Å². The molecule has 0 aliphatic carbocycles. The molecule has 0 aromatic carbocycles. The minimum Gasteiger partial charge on any atom is -0.242 e. The summed E-state index contributed by atoms with van der Waals surface area (Å²) in [5.41, 5.74) is 1.15. The molecule has 0 unspecified atom stereocenters. The molecule has 1 nitrogen and oxygen atoms in total. The fourth-order valence-electron chi connectivity index (χ4n) is 1.03. The van der Waals surface area contributed by atoms with Gasteiger partial charge in [-0.3, -0.25) is 0 Å². The molecule has 2 heteroatoms. The molecule has 1 aromatic rings. The topological polar surface area (TPSA) is 12.9 Å². The number of hydrogen-bond donors (Lipinski definition) is 0.